The first-order valence-electron chi connectivity index (χ1n) is 12.0. The number of carbonyl (C=O) groups is 2. The summed E-state index contributed by atoms with van der Waals surface area (Å²) in [7, 11) is 1.28. The Labute approximate surface area is 211 Å². The Morgan fingerprint density at radius 2 is 1.80 bits per heavy atom. The molecule has 0 saturated heterocycles. The average molecular weight is 504 g/mol. The van der Waals surface area contributed by atoms with Crippen molar-refractivity contribution in [1.29, 1.82) is 0 Å². The van der Waals surface area contributed by atoms with Gasteiger partial charge in [0.25, 0.3) is 0 Å². The van der Waals surface area contributed by atoms with Crippen LogP contribution in [-0.4, -0.2) is 24.1 Å². The number of aromatic hydroxyl groups is 1. The second kappa shape index (κ2) is 13.3. The molecule has 2 rings (SSSR count). The normalized spacial score (nSPS) is 14.1. The third kappa shape index (κ3) is 8.38. The van der Waals surface area contributed by atoms with E-state index in [9.17, 15) is 19.5 Å². The van der Waals surface area contributed by atoms with E-state index in [4.69, 9.17) is 4.42 Å². The number of hydrogen-bond acceptors (Lipinski definition) is 7. The highest BCUT2D eigenvalue weighted by molar-refractivity contribution is 7.12. The van der Waals surface area contributed by atoms with Gasteiger partial charge in [0, 0.05) is 33.9 Å². The van der Waals surface area contributed by atoms with Gasteiger partial charge in [0.1, 0.15) is 17.1 Å². The van der Waals surface area contributed by atoms with Crippen molar-refractivity contribution in [3.63, 3.8) is 0 Å². The van der Waals surface area contributed by atoms with Crippen LogP contribution >= 0.6 is 11.3 Å². The predicted octanol–water partition coefficient (Wildman–Crippen LogP) is 6.06. The van der Waals surface area contributed by atoms with Crippen LogP contribution < -0.4 is 10.9 Å². The van der Waals surface area contributed by atoms with Gasteiger partial charge in [-0.1, -0.05) is 40.7 Å². The van der Waals surface area contributed by atoms with Gasteiger partial charge < -0.3 is 14.3 Å². The summed E-state index contributed by atoms with van der Waals surface area (Å²) < 4.78 is 9.90. The predicted molar refractivity (Wildman–Crippen MR) is 138 cm³/mol. The van der Waals surface area contributed by atoms with E-state index in [0.29, 0.717) is 24.5 Å². The third-order valence-corrected chi connectivity index (χ3v) is 7.20. The second-order valence-corrected chi connectivity index (χ2v) is 10.8. The number of rotatable bonds is 12. The van der Waals surface area contributed by atoms with Gasteiger partial charge in [-0.05, 0) is 49.7 Å². The van der Waals surface area contributed by atoms with Gasteiger partial charge in [0.15, 0.2) is 5.78 Å². The smallest absolute Gasteiger partial charge is 0.410 e. The molecule has 1 amide bonds. The van der Waals surface area contributed by atoms with Crippen molar-refractivity contribution in [1.82, 2.24) is 5.32 Å². The lowest BCUT2D eigenvalue weighted by molar-refractivity contribution is 0.0885. The Morgan fingerprint density at radius 3 is 2.40 bits per heavy atom. The number of thiophene rings is 1. The first kappa shape index (κ1) is 28.4. The molecule has 8 heteroatoms. The van der Waals surface area contributed by atoms with Crippen LogP contribution in [0.1, 0.15) is 79.3 Å². The summed E-state index contributed by atoms with van der Waals surface area (Å²) in [6, 6.07) is 5.62. The number of ketones is 1. The molecule has 3 unspecified atom stereocenters. The molecule has 0 aliphatic rings. The number of methoxy groups -OCH3 is 1. The summed E-state index contributed by atoms with van der Waals surface area (Å²) in [5.74, 6) is -0.464. The zero-order valence-corrected chi connectivity index (χ0v) is 22.2. The molecule has 0 aliphatic carbocycles. The molecular formula is C27H37NO6S. The topological polar surface area (TPSA) is 106 Å². The van der Waals surface area contributed by atoms with Crippen LogP contribution in [0.2, 0.25) is 0 Å². The average Bonchev–Trinajstić information content (AvgIpc) is 3.22. The SMILES string of the molecule is COC(=O)N/C=C/CCC(C)c1cc(O)c(C(=O)C(C)C(C)Cc2ccc(CC(C)C)s2)c(=O)o1. The molecule has 0 aromatic carbocycles. The first-order valence-corrected chi connectivity index (χ1v) is 12.8. The fourth-order valence-corrected chi connectivity index (χ4v) is 5.12. The fraction of sp³-hybridized carbons (Fsp3) is 0.519. The van der Waals surface area contributed by atoms with E-state index < -0.39 is 23.4 Å². The van der Waals surface area contributed by atoms with E-state index >= 15 is 0 Å². The van der Waals surface area contributed by atoms with Gasteiger partial charge in [0.05, 0.1) is 7.11 Å². The molecule has 0 saturated carbocycles. The molecular weight excluding hydrogens is 466 g/mol. The van der Waals surface area contributed by atoms with Crippen LogP contribution in [0.3, 0.4) is 0 Å². The maximum Gasteiger partial charge on any atom is 0.410 e. The summed E-state index contributed by atoms with van der Waals surface area (Å²) >= 11 is 1.77. The van der Waals surface area contributed by atoms with E-state index in [2.05, 4.69) is 36.0 Å². The van der Waals surface area contributed by atoms with E-state index in [0.717, 1.165) is 12.8 Å². The van der Waals surface area contributed by atoms with Crippen molar-refractivity contribution in [2.75, 3.05) is 7.11 Å². The first-order chi connectivity index (χ1) is 16.5. The van der Waals surface area contributed by atoms with Gasteiger partial charge in [-0.25, -0.2) is 9.59 Å². The molecule has 2 N–H and O–H groups in total. The highest BCUT2D eigenvalue weighted by Gasteiger charge is 2.28. The lowest BCUT2D eigenvalue weighted by atomic mass is 9.86. The van der Waals surface area contributed by atoms with Crippen molar-refractivity contribution < 1.29 is 23.8 Å². The highest BCUT2D eigenvalue weighted by atomic mass is 32.1. The van der Waals surface area contributed by atoms with Crippen molar-refractivity contribution in [3.05, 3.63) is 62.0 Å². The van der Waals surface area contributed by atoms with Crippen LogP contribution in [0, 0.1) is 17.8 Å². The zero-order chi connectivity index (χ0) is 26.1. The van der Waals surface area contributed by atoms with E-state index in [1.807, 2.05) is 13.8 Å². The zero-order valence-electron chi connectivity index (χ0n) is 21.4. The number of carbonyl (C=O) groups excluding carboxylic acids is 2. The van der Waals surface area contributed by atoms with Crippen LogP contribution in [0.4, 0.5) is 4.79 Å². The van der Waals surface area contributed by atoms with Crippen LogP contribution in [0.5, 0.6) is 5.75 Å². The molecule has 0 spiro atoms. The van der Waals surface area contributed by atoms with Gasteiger partial charge >= 0.3 is 11.7 Å². The number of alkyl carbamates (subject to hydrolysis) is 1. The Bertz CT molecular complexity index is 1080. The lowest BCUT2D eigenvalue weighted by Gasteiger charge is -2.18. The quantitative estimate of drug-likeness (QED) is 0.341. The van der Waals surface area contributed by atoms with Crippen molar-refractivity contribution in [3.8, 4) is 5.75 Å². The van der Waals surface area contributed by atoms with Crippen LogP contribution in [0.15, 0.2) is 39.7 Å². The van der Waals surface area contributed by atoms with Gasteiger partial charge in [-0.3, -0.25) is 10.1 Å². The molecule has 192 valence electrons. The summed E-state index contributed by atoms with van der Waals surface area (Å²) in [5, 5.41) is 13.0. The van der Waals surface area contributed by atoms with Crippen LogP contribution in [-0.2, 0) is 17.6 Å². The summed E-state index contributed by atoms with van der Waals surface area (Å²) in [5.41, 5.74) is -1.09. The van der Waals surface area contributed by atoms with E-state index in [1.165, 1.54) is 29.1 Å². The molecule has 2 heterocycles. The molecule has 7 nitrogen and oxygen atoms in total. The maximum atomic E-state index is 13.1. The van der Waals surface area contributed by atoms with Gasteiger partial charge in [0.2, 0.25) is 0 Å². The minimum Gasteiger partial charge on any atom is -0.507 e. The van der Waals surface area contributed by atoms with Gasteiger partial charge in [-0.15, -0.1) is 11.3 Å². The maximum absolute atomic E-state index is 13.1. The number of allylic oxidation sites excluding steroid dienone is 1. The molecule has 0 aliphatic heterocycles. The molecule has 0 fully saturated rings. The lowest BCUT2D eigenvalue weighted by Crippen LogP contribution is -2.26. The Hall–Kier alpha value is -2.87. The molecule has 2 aromatic heterocycles. The summed E-state index contributed by atoms with van der Waals surface area (Å²) in [6.45, 7) is 10.0. The van der Waals surface area contributed by atoms with Gasteiger partial charge in [-0.2, -0.15) is 0 Å². The number of hydrogen-bond donors (Lipinski definition) is 2. The third-order valence-electron chi connectivity index (χ3n) is 6.07. The van der Waals surface area contributed by atoms with Crippen molar-refractivity contribution >= 4 is 23.2 Å². The molecule has 0 bridgehead atoms. The highest BCUT2D eigenvalue weighted by Crippen LogP contribution is 2.29. The number of ether oxygens (including phenoxy) is 1. The Morgan fingerprint density at radius 1 is 1.14 bits per heavy atom. The molecule has 2 aromatic rings. The van der Waals surface area contributed by atoms with E-state index in [-0.39, 0.29) is 23.1 Å². The van der Waals surface area contributed by atoms with Crippen molar-refractivity contribution in [2.24, 2.45) is 17.8 Å². The second-order valence-electron chi connectivity index (χ2n) is 9.51. The summed E-state index contributed by atoms with van der Waals surface area (Å²) in [6.07, 6.45) is 5.67. The minimum absolute atomic E-state index is 0.00385. The monoisotopic (exact) mass is 503 g/mol. The van der Waals surface area contributed by atoms with E-state index in [1.54, 1.807) is 24.3 Å². The van der Waals surface area contributed by atoms with Crippen LogP contribution in [0.25, 0.3) is 0 Å². The molecule has 3 atom stereocenters. The standard InChI is InChI=1S/C27H37NO6S/c1-16(2)13-20-10-11-21(35-20)14-18(4)19(5)25(30)24-22(29)15-23(34-26(24)31)17(3)9-7-8-12-28-27(32)33-6/h8,10-12,15-19,29H,7,9,13-14H2,1-6H3,(H,28,32)/b12-8+. The Balaban J connectivity index is 2.03. The number of nitrogens with one attached hydrogen (secondary N) is 1. The number of Topliss-reactive ketones (excluding diaryl/α,β-unsaturated/α-hetero) is 1. The number of amides is 1. The molecule has 0 radical (unpaired) electrons. The molecule has 35 heavy (non-hydrogen) atoms. The largest absolute Gasteiger partial charge is 0.507 e. The fourth-order valence-electron chi connectivity index (χ4n) is 3.75. The summed E-state index contributed by atoms with van der Waals surface area (Å²) in [4.78, 5) is 39.3. The van der Waals surface area contributed by atoms with Crippen molar-refractivity contribution in [2.45, 2.75) is 66.2 Å². The Kier molecular flexibility index (Phi) is 10.8. The minimum atomic E-state index is -0.811.